The molecule has 2 rings (SSSR count). The molecule has 1 aliphatic rings. The summed E-state index contributed by atoms with van der Waals surface area (Å²) >= 11 is 0. The molecule has 0 bridgehead atoms. The Morgan fingerprint density at radius 2 is 1.96 bits per heavy atom. The fourth-order valence-corrected chi connectivity index (χ4v) is 2.88. The van der Waals surface area contributed by atoms with E-state index in [1.54, 1.807) is 19.1 Å². The zero-order valence-electron chi connectivity index (χ0n) is 14.3. The first-order valence-electron chi connectivity index (χ1n) is 8.10. The molecule has 5 nitrogen and oxygen atoms in total. The number of amides is 2. The highest BCUT2D eigenvalue weighted by Crippen LogP contribution is 2.26. The predicted molar refractivity (Wildman–Crippen MR) is 89.1 cm³/mol. The molecule has 1 N–H and O–H groups in total. The Labute approximate surface area is 138 Å². The number of carbonyl (C=O) groups excluding carboxylic acids is 2. The molecule has 1 heterocycles. The van der Waals surface area contributed by atoms with Crippen molar-refractivity contribution in [3.63, 3.8) is 0 Å². The average molecular weight is 318 g/mol. The van der Waals surface area contributed by atoms with Gasteiger partial charge in [0.25, 0.3) is 0 Å². The number of nitrogens with zero attached hydrogens (tertiary/aromatic N) is 1. The lowest BCUT2D eigenvalue weighted by Gasteiger charge is -2.30. The topological polar surface area (TPSA) is 58.6 Å². The van der Waals surface area contributed by atoms with Gasteiger partial charge < -0.3 is 15.0 Å². The predicted octanol–water partition coefficient (Wildman–Crippen LogP) is 2.38. The van der Waals surface area contributed by atoms with Gasteiger partial charge in [-0.2, -0.15) is 0 Å². The van der Waals surface area contributed by atoms with E-state index >= 15 is 0 Å². The Balaban J connectivity index is 2.06. The molecule has 0 saturated carbocycles. The number of benzene rings is 1. The summed E-state index contributed by atoms with van der Waals surface area (Å²) in [6, 6.07) is 7.68. The third-order valence-electron chi connectivity index (χ3n) is 4.47. The zero-order chi connectivity index (χ0) is 17.0. The number of likely N-dealkylation sites (tertiary alicyclic amines) is 1. The number of rotatable bonds is 5. The lowest BCUT2D eigenvalue weighted by molar-refractivity contribution is -0.139. The van der Waals surface area contributed by atoms with Crippen molar-refractivity contribution < 1.29 is 14.3 Å². The standard InChI is InChI=1S/C18H26N2O3/c1-12(2)17(13-5-7-15(23-4)8-6-13)19-18(22)14-9-10-20(3)16(21)11-14/h5-8,12,14,17H,9-11H2,1-4H3,(H,19,22)/t14-,17+/m1/s1. The molecule has 2 amide bonds. The molecule has 23 heavy (non-hydrogen) atoms. The molecule has 126 valence electrons. The van der Waals surface area contributed by atoms with Gasteiger partial charge in [-0.3, -0.25) is 9.59 Å². The molecule has 1 fully saturated rings. The number of ether oxygens (including phenoxy) is 1. The number of carbonyl (C=O) groups is 2. The van der Waals surface area contributed by atoms with Crippen LogP contribution in [-0.4, -0.2) is 37.4 Å². The number of methoxy groups -OCH3 is 1. The summed E-state index contributed by atoms with van der Waals surface area (Å²) in [5, 5.41) is 3.12. The van der Waals surface area contributed by atoms with Crippen LogP contribution in [0.4, 0.5) is 0 Å². The van der Waals surface area contributed by atoms with Crippen molar-refractivity contribution in [3.8, 4) is 5.75 Å². The zero-order valence-corrected chi connectivity index (χ0v) is 14.3. The highest BCUT2D eigenvalue weighted by atomic mass is 16.5. The van der Waals surface area contributed by atoms with Crippen LogP contribution in [0.5, 0.6) is 5.75 Å². The van der Waals surface area contributed by atoms with Crippen LogP contribution in [0.1, 0.15) is 38.3 Å². The van der Waals surface area contributed by atoms with E-state index in [9.17, 15) is 9.59 Å². The normalized spacial score (nSPS) is 19.6. The molecule has 0 spiro atoms. The minimum Gasteiger partial charge on any atom is -0.497 e. The Morgan fingerprint density at radius 1 is 1.30 bits per heavy atom. The summed E-state index contributed by atoms with van der Waals surface area (Å²) in [6.07, 6.45) is 1.03. The first kappa shape index (κ1) is 17.3. The Bertz CT molecular complexity index is 554. The molecule has 0 aliphatic carbocycles. The molecule has 0 aromatic heterocycles. The van der Waals surface area contributed by atoms with Crippen LogP contribution in [0.15, 0.2) is 24.3 Å². The highest BCUT2D eigenvalue weighted by Gasteiger charge is 2.30. The maximum absolute atomic E-state index is 12.6. The molecule has 1 saturated heterocycles. The van der Waals surface area contributed by atoms with Crippen molar-refractivity contribution in [2.45, 2.75) is 32.7 Å². The molecule has 1 aromatic carbocycles. The van der Waals surface area contributed by atoms with Gasteiger partial charge in [0.1, 0.15) is 5.75 Å². The lowest BCUT2D eigenvalue weighted by atomic mass is 9.92. The summed E-state index contributed by atoms with van der Waals surface area (Å²) in [5.41, 5.74) is 1.05. The van der Waals surface area contributed by atoms with Crippen LogP contribution >= 0.6 is 0 Å². The fourth-order valence-electron chi connectivity index (χ4n) is 2.88. The highest BCUT2D eigenvalue weighted by molar-refractivity contribution is 5.87. The van der Waals surface area contributed by atoms with Gasteiger partial charge in [-0.15, -0.1) is 0 Å². The monoisotopic (exact) mass is 318 g/mol. The van der Waals surface area contributed by atoms with Crippen LogP contribution in [0.2, 0.25) is 0 Å². The molecular weight excluding hydrogens is 292 g/mol. The van der Waals surface area contributed by atoms with E-state index in [4.69, 9.17) is 4.74 Å². The number of hydrogen-bond acceptors (Lipinski definition) is 3. The van der Waals surface area contributed by atoms with Gasteiger partial charge in [-0.1, -0.05) is 26.0 Å². The van der Waals surface area contributed by atoms with Crippen LogP contribution in [0.25, 0.3) is 0 Å². The third-order valence-corrected chi connectivity index (χ3v) is 4.47. The lowest BCUT2D eigenvalue weighted by Crippen LogP contribution is -2.43. The average Bonchev–Trinajstić information content (AvgIpc) is 2.54. The summed E-state index contributed by atoms with van der Waals surface area (Å²) in [4.78, 5) is 26.0. The minimum atomic E-state index is -0.224. The SMILES string of the molecule is COc1ccc([C@@H](NC(=O)[C@@H]2CCN(C)C(=O)C2)C(C)C)cc1. The van der Waals surface area contributed by atoms with Crippen LogP contribution < -0.4 is 10.1 Å². The maximum atomic E-state index is 12.6. The van der Waals surface area contributed by atoms with Crippen molar-refractivity contribution in [2.24, 2.45) is 11.8 Å². The van der Waals surface area contributed by atoms with Gasteiger partial charge in [-0.05, 0) is 30.0 Å². The minimum absolute atomic E-state index is 0.0269. The van der Waals surface area contributed by atoms with Crippen molar-refractivity contribution in [3.05, 3.63) is 29.8 Å². The number of piperidine rings is 1. The third kappa shape index (κ3) is 4.24. The first-order chi connectivity index (χ1) is 10.9. The van der Waals surface area contributed by atoms with Crippen molar-refractivity contribution in [1.82, 2.24) is 10.2 Å². The second-order valence-corrected chi connectivity index (χ2v) is 6.51. The summed E-state index contributed by atoms with van der Waals surface area (Å²) in [6.45, 7) is 4.80. The maximum Gasteiger partial charge on any atom is 0.224 e. The Morgan fingerprint density at radius 3 is 2.48 bits per heavy atom. The van der Waals surface area contributed by atoms with Gasteiger partial charge in [0, 0.05) is 25.9 Å². The Kier molecular flexibility index (Phi) is 5.64. The van der Waals surface area contributed by atoms with Gasteiger partial charge in [0.05, 0.1) is 13.2 Å². The van der Waals surface area contributed by atoms with E-state index < -0.39 is 0 Å². The molecular formula is C18H26N2O3. The van der Waals surface area contributed by atoms with E-state index in [-0.39, 0.29) is 29.7 Å². The second-order valence-electron chi connectivity index (χ2n) is 6.51. The van der Waals surface area contributed by atoms with Gasteiger partial charge in [-0.25, -0.2) is 0 Å². The molecule has 0 unspecified atom stereocenters. The summed E-state index contributed by atoms with van der Waals surface area (Å²) < 4.78 is 5.18. The number of hydrogen-bond donors (Lipinski definition) is 1. The van der Waals surface area contributed by atoms with E-state index in [0.717, 1.165) is 17.7 Å². The first-order valence-corrected chi connectivity index (χ1v) is 8.10. The van der Waals surface area contributed by atoms with Crippen molar-refractivity contribution in [1.29, 1.82) is 0 Å². The van der Waals surface area contributed by atoms with E-state index in [1.165, 1.54) is 0 Å². The van der Waals surface area contributed by atoms with Gasteiger partial charge in [0.15, 0.2) is 0 Å². The molecule has 2 atom stereocenters. The Hall–Kier alpha value is -2.04. The molecule has 5 heteroatoms. The quantitative estimate of drug-likeness (QED) is 0.907. The smallest absolute Gasteiger partial charge is 0.224 e. The molecule has 1 aliphatic heterocycles. The summed E-state index contributed by atoms with van der Waals surface area (Å²) in [7, 11) is 3.42. The summed E-state index contributed by atoms with van der Waals surface area (Å²) in [5.74, 6) is 0.846. The van der Waals surface area contributed by atoms with E-state index in [2.05, 4.69) is 19.2 Å². The fraction of sp³-hybridized carbons (Fsp3) is 0.556. The van der Waals surface area contributed by atoms with Gasteiger partial charge >= 0.3 is 0 Å². The van der Waals surface area contributed by atoms with Crippen molar-refractivity contribution in [2.75, 3.05) is 20.7 Å². The number of nitrogens with one attached hydrogen (secondary N) is 1. The van der Waals surface area contributed by atoms with Gasteiger partial charge in [0.2, 0.25) is 11.8 Å². The van der Waals surface area contributed by atoms with Crippen molar-refractivity contribution >= 4 is 11.8 Å². The van der Waals surface area contributed by atoms with Crippen LogP contribution in [0, 0.1) is 11.8 Å². The van der Waals surface area contributed by atoms with E-state index in [0.29, 0.717) is 13.0 Å². The molecule has 0 radical (unpaired) electrons. The van der Waals surface area contributed by atoms with Crippen LogP contribution in [0.3, 0.4) is 0 Å². The van der Waals surface area contributed by atoms with Crippen LogP contribution in [-0.2, 0) is 9.59 Å². The van der Waals surface area contributed by atoms with E-state index in [1.807, 2.05) is 24.3 Å². The second kappa shape index (κ2) is 7.49. The molecule has 1 aromatic rings. The largest absolute Gasteiger partial charge is 0.497 e.